The van der Waals surface area contributed by atoms with Gasteiger partial charge in [-0.25, -0.2) is 0 Å². The van der Waals surface area contributed by atoms with E-state index in [-0.39, 0.29) is 0 Å². The molecule has 0 saturated heterocycles. The van der Waals surface area contributed by atoms with Crippen LogP contribution in [0.3, 0.4) is 0 Å². The highest BCUT2D eigenvalue weighted by atomic mass is 15.1. The molecular weight excluding hydrogens is 176 g/mol. The minimum Gasteiger partial charge on any atom is -0.311 e. The first-order chi connectivity index (χ1) is 6.79. The van der Waals surface area contributed by atoms with Crippen LogP contribution in [0.15, 0.2) is 12.3 Å². The van der Waals surface area contributed by atoms with Crippen LogP contribution in [0.4, 0.5) is 0 Å². The van der Waals surface area contributed by atoms with Crippen LogP contribution in [0.5, 0.6) is 0 Å². The molecule has 0 aliphatic rings. The van der Waals surface area contributed by atoms with Crippen molar-refractivity contribution in [1.82, 2.24) is 20.4 Å². The monoisotopic (exact) mass is 196 g/mol. The summed E-state index contributed by atoms with van der Waals surface area (Å²) < 4.78 is 0. The van der Waals surface area contributed by atoms with Gasteiger partial charge >= 0.3 is 0 Å². The molecule has 0 aliphatic carbocycles. The zero-order chi connectivity index (χ0) is 10.2. The first-order valence-corrected chi connectivity index (χ1v) is 5.13. The van der Waals surface area contributed by atoms with Crippen LogP contribution < -0.4 is 5.32 Å². The Morgan fingerprint density at radius 2 is 2.29 bits per heavy atom. The van der Waals surface area contributed by atoms with Gasteiger partial charge in [-0.1, -0.05) is 0 Å². The van der Waals surface area contributed by atoms with E-state index >= 15 is 0 Å². The van der Waals surface area contributed by atoms with Gasteiger partial charge in [-0.15, -0.1) is 0 Å². The van der Waals surface area contributed by atoms with Crippen molar-refractivity contribution in [3.8, 4) is 0 Å². The Labute approximate surface area is 85.7 Å². The normalized spacial score (nSPS) is 11.1. The SMILES string of the molecule is CN(C)CCCCNCc1ccn[nH]1. The average Bonchev–Trinajstić information content (AvgIpc) is 2.63. The highest BCUT2D eigenvalue weighted by molar-refractivity contribution is 4.96. The molecule has 0 bridgehead atoms. The van der Waals surface area contributed by atoms with Crippen LogP contribution in [0.2, 0.25) is 0 Å². The quantitative estimate of drug-likeness (QED) is 0.635. The van der Waals surface area contributed by atoms with Gasteiger partial charge in [-0.05, 0) is 46.1 Å². The molecule has 1 aromatic rings. The summed E-state index contributed by atoms with van der Waals surface area (Å²) in [6.45, 7) is 3.14. The molecular formula is C10H20N4. The fourth-order valence-corrected chi connectivity index (χ4v) is 1.28. The van der Waals surface area contributed by atoms with Crippen molar-refractivity contribution in [3.05, 3.63) is 18.0 Å². The number of aromatic amines is 1. The highest BCUT2D eigenvalue weighted by Crippen LogP contribution is 1.92. The van der Waals surface area contributed by atoms with Crippen molar-refractivity contribution in [1.29, 1.82) is 0 Å². The van der Waals surface area contributed by atoms with Gasteiger partial charge in [0.1, 0.15) is 0 Å². The summed E-state index contributed by atoms with van der Waals surface area (Å²) in [6.07, 6.45) is 4.26. The molecule has 0 saturated carbocycles. The van der Waals surface area contributed by atoms with E-state index in [1.54, 1.807) is 6.20 Å². The average molecular weight is 196 g/mol. The smallest absolute Gasteiger partial charge is 0.0490 e. The molecule has 2 N–H and O–H groups in total. The molecule has 0 amide bonds. The minimum atomic E-state index is 0.891. The molecule has 0 aliphatic heterocycles. The van der Waals surface area contributed by atoms with Gasteiger partial charge in [0, 0.05) is 18.4 Å². The fourth-order valence-electron chi connectivity index (χ4n) is 1.28. The number of nitrogens with one attached hydrogen (secondary N) is 2. The van der Waals surface area contributed by atoms with Crippen LogP contribution in [0, 0.1) is 0 Å². The van der Waals surface area contributed by atoms with E-state index in [0.29, 0.717) is 0 Å². The van der Waals surface area contributed by atoms with E-state index in [9.17, 15) is 0 Å². The number of hydrogen-bond donors (Lipinski definition) is 2. The lowest BCUT2D eigenvalue weighted by Gasteiger charge is -2.08. The van der Waals surface area contributed by atoms with Crippen LogP contribution >= 0.6 is 0 Å². The molecule has 0 spiro atoms. The van der Waals surface area contributed by atoms with E-state index in [0.717, 1.165) is 18.8 Å². The van der Waals surface area contributed by atoms with Gasteiger partial charge < -0.3 is 10.2 Å². The first-order valence-electron chi connectivity index (χ1n) is 5.13. The lowest BCUT2D eigenvalue weighted by Crippen LogP contribution is -2.18. The van der Waals surface area contributed by atoms with Crippen molar-refractivity contribution in [2.75, 3.05) is 27.2 Å². The van der Waals surface area contributed by atoms with E-state index < -0.39 is 0 Å². The Hall–Kier alpha value is -0.870. The third-order valence-electron chi connectivity index (χ3n) is 2.08. The summed E-state index contributed by atoms with van der Waals surface area (Å²) >= 11 is 0. The maximum atomic E-state index is 3.89. The Morgan fingerprint density at radius 3 is 2.93 bits per heavy atom. The second-order valence-corrected chi connectivity index (χ2v) is 3.77. The van der Waals surface area contributed by atoms with E-state index in [1.165, 1.54) is 19.4 Å². The van der Waals surface area contributed by atoms with Gasteiger partial charge in [0.2, 0.25) is 0 Å². The number of H-pyrrole nitrogens is 1. The van der Waals surface area contributed by atoms with Gasteiger partial charge in [0.05, 0.1) is 0 Å². The number of nitrogens with zero attached hydrogens (tertiary/aromatic N) is 2. The lowest BCUT2D eigenvalue weighted by atomic mass is 10.3. The Bertz CT molecular complexity index is 218. The largest absolute Gasteiger partial charge is 0.311 e. The molecule has 0 atom stereocenters. The third kappa shape index (κ3) is 4.99. The summed E-state index contributed by atoms with van der Waals surface area (Å²) in [5.41, 5.74) is 1.15. The van der Waals surface area contributed by atoms with Crippen LogP contribution in [-0.4, -0.2) is 42.3 Å². The molecule has 0 aromatic carbocycles. The molecule has 0 unspecified atom stereocenters. The Kier molecular flexibility index (Phi) is 5.25. The van der Waals surface area contributed by atoms with Gasteiger partial charge in [-0.3, -0.25) is 5.10 Å². The van der Waals surface area contributed by atoms with Crippen molar-refractivity contribution in [2.24, 2.45) is 0 Å². The van der Waals surface area contributed by atoms with Crippen molar-refractivity contribution < 1.29 is 0 Å². The molecule has 1 aromatic heterocycles. The van der Waals surface area contributed by atoms with Crippen molar-refractivity contribution >= 4 is 0 Å². The number of aromatic nitrogens is 2. The molecule has 14 heavy (non-hydrogen) atoms. The highest BCUT2D eigenvalue weighted by Gasteiger charge is 1.93. The Balaban J connectivity index is 1.90. The second-order valence-electron chi connectivity index (χ2n) is 3.77. The summed E-state index contributed by atoms with van der Waals surface area (Å²) in [5.74, 6) is 0. The topological polar surface area (TPSA) is 44.0 Å². The summed E-state index contributed by atoms with van der Waals surface area (Å²) in [7, 11) is 4.22. The first kappa shape index (κ1) is 11.2. The van der Waals surface area contributed by atoms with Gasteiger partial charge in [0.25, 0.3) is 0 Å². The van der Waals surface area contributed by atoms with E-state index in [1.807, 2.05) is 6.07 Å². The fraction of sp³-hybridized carbons (Fsp3) is 0.700. The third-order valence-corrected chi connectivity index (χ3v) is 2.08. The Morgan fingerprint density at radius 1 is 1.43 bits per heavy atom. The molecule has 1 heterocycles. The predicted molar refractivity (Wildman–Crippen MR) is 58.1 cm³/mol. The summed E-state index contributed by atoms with van der Waals surface area (Å²) in [4.78, 5) is 2.22. The van der Waals surface area contributed by atoms with E-state index in [2.05, 4.69) is 34.5 Å². The van der Waals surface area contributed by atoms with E-state index in [4.69, 9.17) is 0 Å². The maximum absolute atomic E-state index is 3.89. The maximum Gasteiger partial charge on any atom is 0.0490 e. The molecule has 4 heteroatoms. The van der Waals surface area contributed by atoms with Crippen LogP contribution in [0.1, 0.15) is 18.5 Å². The molecule has 80 valence electrons. The summed E-state index contributed by atoms with van der Waals surface area (Å²) in [5, 5.41) is 10.2. The summed E-state index contributed by atoms with van der Waals surface area (Å²) in [6, 6.07) is 1.99. The number of rotatable bonds is 7. The zero-order valence-corrected chi connectivity index (χ0v) is 9.08. The number of hydrogen-bond acceptors (Lipinski definition) is 3. The van der Waals surface area contributed by atoms with Crippen LogP contribution in [0.25, 0.3) is 0 Å². The molecule has 4 nitrogen and oxygen atoms in total. The van der Waals surface area contributed by atoms with Gasteiger partial charge in [-0.2, -0.15) is 5.10 Å². The minimum absolute atomic E-state index is 0.891. The molecule has 0 radical (unpaired) electrons. The van der Waals surface area contributed by atoms with Gasteiger partial charge in [0.15, 0.2) is 0 Å². The predicted octanol–water partition coefficient (Wildman–Crippen LogP) is 0.841. The molecule has 1 rings (SSSR count). The second kappa shape index (κ2) is 6.56. The zero-order valence-electron chi connectivity index (χ0n) is 9.08. The number of unbranched alkanes of at least 4 members (excludes halogenated alkanes) is 1. The molecule has 0 fully saturated rings. The van der Waals surface area contributed by atoms with Crippen molar-refractivity contribution in [2.45, 2.75) is 19.4 Å². The van der Waals surface area contributed by atoms with Crippen LogP contribution in [-0.2, 0) is 6.54 Å². The van der Waals surface area contributed by atoms with Crippen molar-refractivity contribution in [3.63, 3.8) is 0 Å². The lowest BCUT2D eigenvalue weighted by molar-refractivity contribution is 0.391. The standard InChI is InChI=1S/C10H20N4/c1-14(2)8-4-3-6-11-9-10-5-7-12-13-10/h5,7,11H,3-4,6,8-9H2,1-2H3,(H,12,13).